The number of rotatable bonds is 14. The molecule has 6 nitrogen and oxygen atoms in total. The molecule has 2 N–H and O–H groups in total. The summed E-state index contributed by atoms with van der Waals surface area (Å²) in [6.45, 7) is 2.92. The standard InChI is InChI=1S/C23H38N2O4S/c1-3-4-7-11-22(27)25(2)16-21(26)24-15-18-17(19-13-14-20(18)30-19)10-8-5-6-9-12-23(28)29/h5,8,17-20H,3-4,6-7,9-16H2,1-2H3,(H,24,26)(H,28,29)/b8-5-/t17-,18+,19-,20+/m1/s1. The van der Waals surface area contributed by atoms with Gasteiger partial charge in [-0.1, -0.05) is 31.9 Å². The first-order valence-corrected chi connectivity index (χ1v) is 12.4. The van der Waals surface area contributed by atoms with Crippen LogP contribution >= 0.6 is 11.8 Å². The van der Waals surface area contributed by atoms with Crippen molar-refractivity contribution < 1.29 is 19.5 Å². The van der Waals surface area contributed by atoms with Gasteiger partial charge >= 0.3 is 5.97 Å². The van der Waals surface area contributed by atoms with E-state index in [1.807, 2.05) is 0 Å². The fourth-order valence-electron chi connectivity index (χ4n) is 4.53. The highest BCUT2D eigenvalue weighted by molar-refractivity contribution is 8.01. The number of carboxylic acid groups (broad SMARTS) is 1. The van der Waals surface area contributed by atoms with Crippen LogP contribution in [0.3, 0.4) is 0 Å². The molecular formula is C23H38N2O4S. The zero-order valence-corrected chi connectivity index (χ0v) is 19.3. The number of fused-ring (bicyclic) bond motifs is 2. The quantitative estimate of drug-likeness (QED) is 0.318. The van der Waals surface area contributed by atoms with Crippen LogP contribution in [-0.4, -0.2) is 58.4 Å². The number of likely N-dealkylation sites (N-methyl/N-ethyl adjacent to an activating group) is 1. The normalized spacial score (nSPS) is 25.0. The van der Waals surface area contributed by atoms with E-state index in [2.05, 4.69) is 36.2 Å². The summed E-state index contributed by atoms with van der Waals surface area (Å²) in [5, 5.41) is 13.1. The molecule has 0 radical (unpaired) electrons. The van der Waals surface area contributed by atoms with Gasteiger partial charge < -0.3 is 15.3 Å². The number of unbranched alkanes of at least 4 members (excludes halogenated alkanes) is 3. The minimum Gasteiger partial charge on any atom is -0.481 e. The number of aliphatic carboxylic acids is 1. The van der Waals surface area contributed by atoms with E-state index in [0.29, 0.717) is 41.7 Å². The topological polar surface area (TPSA) is 86.7 Å². The van der Waals surface area contributed by atoms with Crippen molar-refractivity contribution in [2.24, 2.45) is 11.8 Å². The van der Waals surface area contributed by atoms with Crippen molar-refractivity contribution in [3.8, 4) is 0 Å². The molecule has 2 amide bonds. The zero-order chi connectivity index (χ0) is 21.9. The Morgan fingerprint density at radius 2 is 1.80 bits per heavy atom. The fraction of sp³-hybridized carbons (Fsp3) is 0.783. The van der Waals surface area contributed by atoms with Gasteiger partial charge in [0.15, 0.2) is 0 Å². The average Bonchev–Trinajstić information content (AvgIpc) is 3.30. The Kier molecular flexibility index (Phi) is 10.8. The van der Waals surface area contributed by atoms with Crippen LogP contribution in [0, 0.1) is 11.8 Å². The van der Waals surface area contributed by atoms with Crippen LogP contribution in [0.4, 0.5) is 0 Å². The van der Waals surface area contributed by atoms with Gasteiger partial charge in [-0.3, -0.25) is 14.4 Å². The summed E-state index contributed by atoms with van der Waals surface area (Å²) in [5.41, 5.74) is 0. The average molecular weight is 439 g/mol. The lowest BCUT2D eigenvalue weighted by atomic mass is 9.77. The van der Waals surface area contributed by atoms with Gasteiger partial charge in [-0.05, 0) is 50.4 Å². The Morgan fingerprint density at radius 3 is 2.50 bits per heavy atom. The maximum atomic E-state index is 12.4. The number of carboxylic acids is 1. The summed E-state index contributed by atoms with van der Waals surface area (Å²) in [6, 6.07) is 0. The third kappa shape index (κ3) is 7.97. The van der Waals surface area contributed by atoms with Crippen LogP contribution in [0.2, 0.25) is 0 Å². The van der Waals surface area contributed by atoms with E-state index in [0.717, 1.165) is 32.1 Å². The van der Waals surface area contributed by atoms with Gasteiger partial charge in [0.05, 0.1) is 6.54 Å². The maximum Gasteiger partial charge on any atom is 0.303 e. The lowest BCUT2D eigenvalue weighted by molar-refractivity contribution is -0.137. The molecule has 7 heteroatoms. The van der Waals surface area contributed by atoms with E-state index < -0.39 is 5.97 Å². The Labute approximate surface area is 185 Å². The largest absolute Gasteiger partial charge is 0.481 e. The third-order valence-corrected chi connectivity index (χ3v) is 8.13. The molecule has 170 valence electrons. The number of nitrogens with zero attached hydrogens (tertiary/aromatic N) is 1. The van der Waals surface area contributed by atoms with Gasteiger partial charge in [0.25, 0.3) is 0 Å². The van der Waals surface area contributed by atoms with Crippen molar-refractivity contribution >= 4 is 29.5 Å². The fourth-order valence-corrected chi connectivity index (χ4v) is 6.54. The SMILES string of the molecule is CCCCCC(=O)N(C)CC(=O)NC[C@H]1[C@@H](C/C=C\CCCC(=O)O)[C@H]2CC[C@@H]1S2. The van der Waals surface area contributed by atoms with Crippen LogP contribution in [0.25, 0.3) is 0 Å². The highest BCUT2D eigenvalue weighted by Gasteiger charge is 2.47. The molecule has 30 heavy (non-hydrogen) atoms. The molecule has 2 saturated heterocycles. The van der Waals surface area contributed by atoms with Crippen LogP contribution < -0.4 is 5.32 Å². The summed E-state index contributed by atoms with van der Waals surface area (Å²) in [5.74, 6) is 0.277. The predicted molar refractivity (Wildman–Crippen MR) is 121 cm³/mol. The van der Waals surface area contributed by atoms with Gasteiger partial charge in [0.2, 0.25) is 11.8 Å². The molecule has 0 aliphatic carbocycles. The highest BCUT2D eigenvalue weighted by Crippen LogP contribution is 2.54. The van der Waals surface area contributed by atoms with Gasteiger partial charge in [0.1, 0.15) is 0 Å². The Balaban J connectivity index is 1.73. The molecule has 2 heterocycles. The van der Waals surface area contributed by atoms with E-state index >= 15 is 0 Å². The molecule has 0 aromatic carbocycles. The first-order chi connectivity index (χ1) is 14.4. The molecule has 4 atom stereocenters. The molecule has 2 aliphatic rings. The number of amides is 2. The minimum absolute atomic E-state index is 0.0417. The number of carbonyl (C=O) groups is 3. The number of allylic oxidation sites excluding steroid dienone is 2. The first-order valence-electron chi connectivity index (χ1n) is 11.4. The molecule has 0 saturated carbocycles. The maximum absolute atomic E-state index is 12.4. The smallest absolute Gasteiger partial charge is 0.303 e. The summed E-state index contributed by atoms with van der Waals surface area (Å²) in [7, 11) is 1.71. The van der Waals surface area contributed by atoms with Crippen LogP contribution in [0.1, 0.15) is 71.1 Å². The van der Waals surface area contributed by atoms with Crippen LogP contribution in [0.5, 0.6) is 0 Å². The van der Waals surface area contributed by atoms with Gasteiger partial charge in [0, 0.05) is 36.9 Å². The van der Waals surface area contributed by atoms with E-state index in [1.54, 1.807) is 7.05 Å². The number of thioether (sulfide) groups is 1. The molecule has 2 bridgehead atoms. The molecule has 2 rings (SSSR count). The van der Waals surface area contributed by atoms with Gasteiger partial charge in [-0.2, -0.15) is 11.8 Å². The Morgan fingerprint density at radius 1 is 1.07 bits per heavy atom. The van der Waals surface area contributed by atoms with E-state index in [9.17, 15) is 14.4 Å². The number of hydrogen-bond donors (Lipinski definition) is 2. The summed E-state index contributed by atoms with van der Waals surface area (Å²) >= 11 is 2.07. The first kappa shape index (κ1) is 24.8. The van der Waals surface area contributed by atoms with E-state index in [1.165, 1.54) is 17.7 Å². The minimum atomic E-state index is -0.739. The molecule has 0 unspecified atom stereocenters. The number of hydrogen-bond acceptors (Lipinski definition) is 4. The molecule has 0 spiro atoms. The van der Waals surface area contributed by atoms with E-state index in [-0.39, 0.29) is 24.8 Å². The van der Waals surface area contributed by atoms with Crippen molar-refractivity contribution in [2.75, 3.05) is 20.1 Å². The zero-order valence-electron chi connectivity index (χ0n) is 18.5. The molecule has 2 aliphatic heterocycles. The lowest BCUT2D eigenvalue weighted by Crippen LogP contribution is -2.42. The van der Waals surface area contributed by atoms with Crippen molar-refractivity contribution in [3.63, 3.8) is 0 Å². The Hall–Kier alpha value is -1.50. The summed E-state index contributed by atoms with van der Waals surface area (Å²) in [6.07, 6.45) is 13.0. The second kappa shape index (κ2) is 13.0. The highest BCUT2D eigenvalue weighted by atomic mass is 32.2. The predicted octanol–water partition coefficient (Wildman–Crippen LogP) is 3.85. The van der Waals surface area contributed by atoms with Crippen molar-refractivity contribution in [1.82, 2.24) is 10.2 Å². The van der Waals surface area contributed by atoms with Gasteiger partial charge in [-0.15, -0.1) is 0 Å². The third-order valence-electron chi connectivity index (χ3n) is 6.26. The monoisotopic (exact) mass is 438 g/mol. The van der Waals surface area contributed by atoms with Crippen molar-refractivity contribution in [3.05, 3.63) is 12.2 Å². The number of nitrogens with one attached hydrogen (secondary N) is 1. The molecule has 0 aromatic rings. The number of carbonyl (C=O) groups excluding carboxylic acids is 2. The van der Waals surface area contributed by atoms with Crippen molar-refractivity contribution in [1.29, 1.82) is 0 Å². The van der Waals surface area contributed by atoms with Crippen LogP contribution in [-0.2, 0) is 14.4 Å². The Bertz CT molecular complexity index is 610. The second-order valence-electron chi connectivity index (χ2n) is 8.62. The molecule has 0 aromatic heterocycles. The van der Waals surface area contributed by atoms with E-state index in [4.69, 9.17) is 5.11 Å². The van der Waals surface area contributed by atoms with Gasteiger partial charge in [-0.25, -0.2) is 0 Å². The van der Waals surface area contributed by atoms with Crippen LogP contribution in [0.15, 0.2) is 12.2 Å². The van der Waals surface area contributed by atoms with Crippen molar-refractivity contribution in [2.45, 2.75) is 81.6 Å². The second-order valence-corrected chi connectivity index (χ2v) is 10.1. The lowest BCUT2D eigenvalue weighted by Gasteiger charge is -2.29. The summed E-state index contributed by atoms with van der Waals surface area (Å²) < 4.78 is 0. The molecule has 2 fully saturated rings. The molecular weight excluding hydrogens is 400 g/mol. The summed E-state index contributed by atoms with van der Waals surface area (Å²) in [4.78, 5) is 36.6.